The minimum atomic E-state index is -1.86. The largest absolute Gasteiger partial charge is 0.395 e. The normalized spacial score (nSPS) is 17.5. The molecule has 1 aliphatic rings. The molecule has 0 saturated carbocycles. The van der Waals surface area contributed by atoms with Gasteiger partial charge in [0, 0.05) is 41.2 Å². The maximum Gasteiger partial charge on any atom is 0.264 e. The van der Waals surface area contributed by atoms with Crippen molar-refractivity contribution in [2.45, 2.75) is 45.1 Å². The smallest absolute Gasteiger partial charge is 0.264 e. The van der Waals surface area contributed by atoms with Crippen molar-refractivity contribution in [1.82, 2.24) is 4.90 Å². The average Bonchev–Trinajstić information content (AvgIpc) is 3.20. The lowest BCUT2D eigenvalue weighted by Crippen LogP contribution is -2.44. The number of benzene rings is 3. The molecule has 1 heterocycles. The van der Waals surface area contributed by atoms with E-state index in [4.69, 9.17) is 0 Å². The van der Waals surface area contributed by atoms with Gasteiger partial charge in [-0.05, 0) is 48.4 Å². The summed E-state index contributed by atoms with van der Waals surface area (Å²) in [5.41, 5.74) is 1.42. The predicted octanol–water partition coefficient (Wildman–Crippen LogP) is 4.11. The van der Waals surface area contributed by atoms with Gasteiger partial charge in [0.2, 0.25) is 5.91 Å². The van der Waals surface area contributed by atoms with Crippen LogP contribution in [0.25, 0.3) is 0 Å². The molecule has 0 fully saturated rings. The van der Waals surface area contributed by atoms with Gasteiger partial charge in [-0.2, -0.15) is 0 Å². The van der Waals surface area contributed by atoms with Crippen LogP contribution in [0.2, 0.25) is 0 Å². The Labute approximate surface area is 259 Å². The van der Waals surface area contributed by atoms with E-state index in [1.807, 2.05) is 30.3 Å². The van der Waals surface area contributed by atoms with Gasteiger partial charge >= 0.3 is 0 Å². The van der Waals surface area contributed by atoms with Gasteiger partial charge in [-0.15, -0.1) is 0 Å². The van der Waals surface area contributed by atoms with E-state index in [-0.39, 0.29) is 32.0 Å². The van der Waals surface area contributed by atoms with E-state index in [9.17, 15) is 29.7 Å². The van der Waals surface area contributed by atoms with Crippen LogP contribution < -0.4 is 10.2 Å². The first kappa shape index (κ1) is 32.1. The lowest BCUT2D eigenvalue weighted by molar-refractivity contribution is -0.139. The molecule has 4 rings (SSSR count). The van der Waals surface area contributed by atoms with Gasteiger partial charge in [0.25, 0.3) is 11.8 Å². The second kappa shape index (κ2) is 14.1. The third-order valence-electron chi connectivity index (χ3n) is 7.49. The molecule has 0 spiro atoms. The highest BCUT2D eigenvalue weighted by atomic mass is 79.9. The highest BCUT2D eigenvalue weighted by Crippen LogP contribution is 2.46. The van der Waals surface area contributed by atoms with Crippen molar-refractivity contribution in [3.05, 3.63) is 106 Å². The van der Waals surface area contributed by atoms with E-state index in [2.05, 4.69) is 21.2 Å². The lowest BCUT2D eigenvalue weighted by Gasteiger charge is -2.28. The Balaban J connectivity index is 1.50. The highest BCUT2D eigenvalue weighted by Gasteiger charge is 2.52. The van der Waals surface area contributed by atoms with Crippen molar-refractivity contribution < 1.29 is 29.7 Å². The summed E-state index contributed by atoms with van der Waals surface area (Å²) in [7, 11) is 0. The zero-order chi connectivity index (χ0) is 31.1. The molecule has 3 atom stereocenters. The monoisotopic (exact) mass is 649 g/mol. The van der Waals surface area contributed by atoms with Gasteiger partial charge in [-0.1, -0.05) is 77.5 Å². The number of anilines is 2. The van der Waals surface area contributed by atoms with E-state index >= 15 is 0 Å². The molecule has 4 N–H and O–H groups in total. The van der Waals surface area contributed by atoms with Crippen LogP contribution in [0.3, 0.4) is 0 Å². The highest BCUT2D eigenvalue weighted by molar-refractivity contribution is 9.10. The Morgan fingerprint density at radius 2 is 1.74 bits per heavy atom. The molecule has 3 amide bonds. The molecule has 1 aliphatic heterocycles. The van der Waals surface area contributed by atoms with Crippen molar-refractivity contribution >= 4 is 45.0 Å². The summed E-state index contributed by atoms with van der Waals surface area (Å²) in [5, 5.41) is 33.5. The summed E-state index contributed by atoms with van der Waals surface area (Å²) in [6.45, 7) is 3.71. The third-order valence-corrected chi connectivity index (χ3v) is 7.98. The molecule has 43 heavy (non-hydrogen) atoms. The van der Waals surface area contributed by atoms with Gasteiger partial charge in [0.15, 0.2) is 5.60 Å². The Kier molecular flexibility index (Phi) is 10.5. The van der Waals surface area contributed by atoms with E-state index in [1.165, 1.54) is 11.8 Å². The fourth-order valence-corrected chi connectivity index (χ4v) is 5.42. The number of nitrogens with one attached hydrogen (secondary N) is 1. The second-order valence-electron chi connectivity index (χ2n) is 10.6. The maximum absolute atomic E-state index is 13.9. The number of fused-ring (bicyclic) bond motifs is 1. The number of aliphatic hydroxyl groups excluding tert-OH is 2. The topological polar surface area (TPSA) is 130 Å². The first-order chi connectivity index (χ1) is 20.5. The average molecular weight is 651 g/mol. The van der Waals surface area contributed by atoms with E-state index in [0.717, 1.165) is 11.1 Å². The maximum atomic E-state index is 13.9. The zero-order valence-corrected chi connectivity index (χ0v) is 25.7. The molecular formula is C33H36BrN3O6. The zero-order valence-electron chi connectivity index (χ0n) is 24.1. The Hall–Kier alpha value is -3.83. The van der Waals surface area contributed by atoms with E-state index in [1.54, 1.807) is 66.4 Å². The van der Waals surface area contributed by atoms with Gasteiger partial charge < -0.3 is 30.4 Å². The molecular weight excluding hydrogens is 614 g/mol. The molecule has 0 radical (unpaired) electrons. The number of carbonyl (C=O) groups is 3. The molecule has 10 heteroatoms. The Morgan fingerprint density at radius 1 is 1.05 bits per heavy atom. The van der Waals surface area contributed by atoms with Crippen LogP contribution in [0.15, 0.2) is 89.4 Å². The van der Waals surface area contributed by atoms with Gasteiger partial charge in [0.1, 0.15) is 6.10 Å². The summed E-state index contributed by atoms with van der Waals surface area (Å²) >= 11 is 3.46. The van der Waals surface area contributed by atoms with Gasteiger partial charge in [-0.25, -0.2) is 0 Å². The number of hydrogen-bond acceptors (Lipinski definition) is 6. The van der Waals surface area contributed by atoms with Crippen LogP contribution in [0.1, 0.15) is 37.0 Å². The van der Waals surface area contributed by atoms with Crippen LogP contribution in [0, 0.1) is 5.92 Å². The van der Waals surface area contributed by atoms with Gasteiger partial charge in [-0.3, -0.25) is 14.4 Å². The number of carbonyl (C=O) groups excluding carboxylic acids is 3. The van der Waals surface area contributed by atoms with Crippen LogP contribution in [0.5, 0.6) is 0 Å². The van der Waals surface area contributed by atoms with Crippen molar-refractivity contribution in [2.24, 2.45) is 5.92 Å². The standard InChI is InChI=1S/C33H36BrN3O6/c1-22(7-6-10-30(40)36(17-18-38)20-24-8-4-3-5-9-24)33(43)28-19-26(34)13-16-29(28)37(32(33)42)21-25-11-14-27(15-12-25)35-31(41)23(2)39/h3-9,11-16,19,22-23,38-39,43H,10,17-18,20-21H2,1-2H3,(H,35,41)/b7-6+/t22-,23+,33+/m1/s1. The molecule has 0 aliphatic carbocycles. The molecule has 3 aromatic carbocycles. The van der Waals surface area contributed by atoms with Crippen molar-refractivity contribution in [3.8, 4) is 0 Å². The van der Waals surface area contributed by atoms with Crippen molar-refractivity contribution in [2.75, 3.05) is 23.4 Å². The van der Waals surface area contributed by atoms with Crippen molar-refractivity contribution in [1.29, 1.82) is 0 Å². The molecule has 0 bridgehead atoms. The summed E-state index contributed by atoms with van der Waals surface area (Å²) in [4.78, 5) is 41.7. The minimum Gasteiger partial charge on any atom is -0.395 e. The Bertz CT molecular complexity index is 1480. The number of aliphatic hydroxyl groups is 3. The number of rotatable bonds is 12. The predicted molar refractivity (Wildman–Crippen MR) is 168 cm³/mol. The SMILES string of the molecule is C[C@H](O)C(=O)Nc1ccc(CN2C(=O)[C@](O)([C@H](C)/C=C/CC(=O)N(CCO)Cc3ccccc3)c3cc(Br)ccc32)cc1. The summed E-state index contributed by atoms with van der Waals surface area (Å²) < 4.78 is 0.712. The number of amides is 3. The molecule has 0 unspecified atom stereocenters. The molecule has 3 aromatic rings. The van der Waals surface area contributed by atoms with Crippen LogP contribution in [-0.2, 0) is 33.1 Å². The number of halogens is 1. The van der Waals surface area contributed by atoms with Crippen LogP contribution in [0.4, 0.5) is 11.4 Å². The quantitative estimate of drug-likeness (QED) is 0.219. The van der Waals surface area contributed by atoms with Crippen LogP contribution in [-0.4, -0.2) is 57.2 Å². The second-order valence-corrected chi connectivity index (χ2v) is 11.5. The first-order valence-electron chi connectivity index (χ1n) is 14.1. The van der Waals surface area contributed by atoms with Gasteiger partial charge in [0.05, 0.1) is 18.8 Å². The van der Waals surface area contributed by atoms with Crippen LogP contribution >= 0.6 is 15.9 Å². The van der Waals surface area contributed by atoms with E-state index < -0.39 is 29.4 Å². The summed E-state index contributed by atoms with van der Waals surface area (Å²) in [6, 6.07) is 21.8. The summed E-state index contributed by atoms with van der Waals surface area (Å²) in [6.07, 6.45) is 2.25. The lowest BCUT2D eigenvalue weighted by atomic mass is 9.83. The molecule has 9 nitrogen and oxygen atoms in total. The van der Waals surface area contributed by atoms with Crippen molar-refractivity contribution in [3.63, 3.8) is 0 Å². The molecule has 0 aromatic heterocycles. The fraction of sp³-hybridized carbons (Fsp3) is 0.303. The van der Waals surface area contributed by atoms with E-state index in [0.29, 0.717) is 28.0 Å². The number of nitrogens with zero attached hydrogens (tertiary/aromatic N) is 2. The number of hydrogen-bond donors (Lipinski definition) is 4. The molecule has 0 saturated heterocycles. The molecule has 226 valence electrons. The minimum absolute atomic E-state index is 0.0500. The summed E-state index contributed by atoms with van der Waals surface area (Å²) in [5.74, 6) is -1.84. The first-order valence-corrected chi connectivity index (χ1v) is 14.8. The Morgan fingerprint density at radius 3 is 2.40 bits per heavy atom. The third kappa shape index (κ3) is 7.40. The fourth-order valence-electron chi connectivity index (χ4n) is 5.06.